The van der Waals surface area contributed by atoms with E-state index in [1.165, 1.54) is 16.7 Å². The molecule has 0 saturated carbocycles. The fourth-order valence-electron chi connectivity index (χ4n) is 1.40. The van der Waals surface area contributed by atoms with Gasteiger partial charge in [0, 0.05) is 5.88 Å². The average Bonchev–Trinajstić information content (AvgIpc) is 2.17. The lowest BCUT2D eigenvalue weighted by Gasteiger charge is -2.18. The number of halogens is 1. The Balaban J connectivity index is 2.91. The molecule has 0 aromatic heterocycles. The van der Waals surface area contributed by atoms with E-state index in [1.54, 1.807) is 0 Å². The largest absolute Gasteiger partial charge is 0.122 e. The number of rotatable bonds is 2. The van der Waals surface area contributed by atoms with Crippen LogP contribution in [0, 0.1) is 0 Å². The van der Waals surface area contributed by atoms with Gasteiger partial charge in [0.15, 0.2) is 0 Å². The minimum atomic E-state index is 0.226. The molecule has 0 fully saturated rings. The Kier molecular flexibility index (Phi) is 3.98. The Morgan fingerprint density at radius 1 is 1.20 bits per heavy atom. The highest BCUT2D eigenvalue weighted by molar-refractivity contribution is 6.19. The van der Waals surface area contributed by atoms with Crippen molar-refractivity contribution < 1.29 is 0 Å². The molecule has 1 aromatic rings. The molecule has 0 amide bonds. The lowest BCUT2D eigenvalue weighted by atomic mass is 9.86. The molecule has 0 radical (unpaired) electrons. The van der Waals surface area contributed by atoms with Crippen molar-refractivity contribution in [3.8, 4) is 0 Å². The highest BCUT2D eigenvalue weighted by atomic mass is 35.5. The highest BCUT2D eigenvalue weighted by Crippen LogP contribution is 2.22. The molecule has 1 aromatic carbocycles. The molecule has 1 heteroatoms. The van der Waals surface area contributed by atoms with Crippen molar-refractivity contribution in [3.05, 3.63) is 41.0 Å². The Morgan fingerprint density at radius 3 is 2.13 bits per heavy atom. The molecule has 0 aliphatic carbocycles. The van der Waals surface area contributed by atoms with Crippen LogP contribution in [0.3, 0.4) is 0 Å². The molecular formula is C14H19Cl. The van der Waals surface area contributed by atoms with Crippen molar-refractivity contribution in [1.29, 1.82) is 0 Å². The van der Waals surface area contributed by atoms with Crippen LogP contribution in [0.2, 0.25) is 0 Å². The fraction of sp³-hybridized carbons (Fsp3) is 0.429. The van der Waals surface area contributed by atoms with Gasteiger partial charge in [-0.3, -0.25) is 0 Å². The summed E-state index contributed by atoms with van der Waals surface area (Å²) in [6, 6.07) is 8.67. The maximum Gasteiger partial charge on any atom is 0.0434 e. The number of hydrogen-bond donors (Lipinski definition) is 0. The van der Waals surface area contributed by atoms with Crippen LogP contribution in [0.5, 0.6) is 0 Å². The molecule has 15 heavy (non-hydrogen) atoms. The number of allylic oxidation sites excluding steroid dienone is 1. The minimum Gasteiger partial charge on any atom is -0.122 e. The van der Waals surface area contributed by atoms with Gasteiger partial charge in [-0.1, -0.05) is 56.7 Å². The van der Waals surface area contributed by atoms with Crippen molar-refractivity contribution in [2.45, 2.75) is 33.1 Å². The maximum atomic E-state index is 5.74. The molecule has 0 N–H and O–H groups in total. The van der Waals surface area contributed by atoms with E-state index in [2.05, 4.69) is 51.1 Å². The second kappa shape index (κ2) is 4.85. The summed E-state index contributed by atoms with van der Waals surface area (Å²) < 4.78 is 0. The molecule has 0 nitrogen and oxygen atoms in total. The van der Waals surface area contributed by atoms with Crippen LogP contribution < -0.4 is 0 Å². The van der Waals surface area contributed by atoms with E-state index in [4.69, 9.17) is 11.6 Å². The predicted molar refractivity (Wildman–Crippen MR) is 69.5 cm³/mol. The monoisotopic (exact) mass is 222 g/mol. The van der Waals surface area contributed by atoms with E-state index < -0.39 is 0 Å². The fourth-order valence-corrected chi connectivity index (χ4v) is 1.48. The molecule has 0 unspecified atom stereocenters. The van der Waals surface area contributed by atoms with Crippen LogP contribution in [0.25, 0.3) is 6.08 Å². The molecule has 0 heterocycles. The topological polar surface area (TPSA) is 0 Å². The molecular weight excluding hydrogens is 204 g/mol. The summed E-state index contributed by atoms with van der Waals surface area (Å²) in [5, 5.41) is 0. The first-order valence-electron chi connectivity index (χ1n) is 5.27. The van der Waals surface area contributed by atoms with Crippen molar-refractivity contribution in [1.82, 2.24) is 0 Å². The van der Waals surface area contributed by atoms with Gasteiger partial charge in [-0.05, 0) is 23.5 Å². The SMILES string of the molecule is CC(=Cc1ccc(C(C)(C)C)cc1)CCl. The maximum absolute atomic E-state index is 5.74. The van der Waals surface area contributed by atoms with Gasteiger partial charge < -0.3 is 0 Å². The highest BCUT2D eigenvalue weighted by Gasteiger charge is 2.12. The second-order valence-corrected chi connectivity index (χ2v) is 5.26. The molecule has 0 aliphatic heterocycles. The lowest BCUT2D eigenvalue weighted by molar-refractivity contribution is 0.590. The third-order valence-corrected chi connectivity index (χ3v) is 2.82. The van der Waals surface area contributed by atoms with Crippen LogP contribution in [-0.4, -0.2) is 5.88 Å². The predicted octanol–water partition coefficient (Wildman–Crippen LogP) is 4.63. The van der Waals surface area contributed by atoms with E-state index in [0.29, 0.717) is 5.88 Å². The summed E-state index contributed by atoms with van der Waals surface area (Å²) in [7, 11) is 0. The smallest absolute Gasteiger partial charge is 0.0434 e. The number of hydrogen-bond acceptors (Lipinski definition) is 0. The van der Waals surface area contributed by atoms with Crippen molar-refractivity contribution in [2.24, 2.45) is 0 Å². The van der Waals surface area contributed by atoms with E-state index in [1.807, 2.05) is 6.92 Å². The lowest BCUT2D eigenvalue weighted by Crippen LogP contribution is -2.10. The first-order valence-corrected chi connectivity index (χ1v) is 5.80. The normalized spacial score (nSPS) is 13.0. The summed E-state index contributed by atoms with van der Waals surface area (Å²) >= 11 is 5.74. The molecule has 0 saturated heterocycles. The Hall–Kier alpha value is -0.750. The molecule has 0 spiro atoms. The van der Waals surface area contributed by atoms with Gasteiger partial charge in [-0.2, -0.15) is 0 Å². The Bertz CT molecular complexity index is 339. The van der Waals surface area contributed by atoms with Crippen LogP contribution in [0.4, 0.5) is 0 Å². The number of benzene rings is 1. The zero-order chi connectivity index (χ0) is 11.5. The first kappa shape index (κ1) is 12.3. The van der Waals surface area contributed by atoms with Crippen LogP contribution in [-0.2, 0) is 5.41 Å². The van der Waals surface area contributed by atoms with E-state index in [-0.39, 0.29) is 5.41 Å². The minimum absolute atomic E-state index is 0.226. The average molecular weight is 223 g/mol. The molecule has 0 atom stereocenters. The summed E-state index contributed by atoms with van der Waals surface area (Å²) in [6.45, 7) is 8.72. The molecule has 0 bridgehead atoms. The van der Waals surface area contributed by atoms with Gasteiger partial charge in [-0.15, -0.1) is 11.6 Å². The van der Waals surface area contributed by atoms with E-state index in [9.17, 15) is 0 Å². The quantitative estimate of drug-likeness (QED) is 0.641. The van der Waals surface area contributed by atoms with Crippen LogP contribution in [0.1, 0.15) is 38.8 Å². The van der Waals surface area contributed by atoms with Crippen LogP contribution >= 0.6 is 11.6 Å². The van der Waals surface area contributed by atoms with Crippen molar-refractivity contribution >= 4 is 17.7 Å². The van der Waals surface area contributed by atoms with Crippen molar-refractivity contribution in [2.75, 3.05) is 5.88 Å². The molecule has 1 rings (SSSR count). The van der Waals surface area contributed by atoms with Gasteiger partial charge in [0.1, 0.15) is 0 Å². The summed E-state index contributed by atoms with van der Waals surface area (Å²) in [5.74, 6) is 0.598. The van der Waals surface area contributed by atoms with E-state index in [0.717, 1.165) is 0 Å². The van der Waals surface area contributed by atoms with Gasteiger partial charge in [0.05, 0.1) is 0 Å². The zero-order valence-corrected chi connectivity index (χ0v) is 10.7. The summed E-state index contributed by atoms with van der Waals surface area (Å²) in [5.41, 5.74) is 4.01. The van der Waals surface area contributed by atoms with Crippen molar-refractivity contribution in [3.63, 3.8) is 0 Å². The zero-order valence-electron chi connectivity index (χ0n) is 9.97. The van der Waals surface area contributed by atoms with Gasteiger partial charge in [-0.25, -0.2) is 0 Å². The second-order valence-electron chi connectivity index (χ2n) is 5.00. The van der Waals surface area contributed by atoms with E-state index >= 15 is 0 Å². The molecule has 82 valence electrons. The van der Waals surface area contributed by atoms with Gasteiger partial charge in [0.25, 0.3) is 0 Å². The summed E-state index contributed by atoms with van der Waals surface area (Å²) in [6.07, 6.45) is 2.12. The van der Waals surface area contributed by atoms with Gasteiger partial charge >= 0.3 is 0 Å². The molecule has 0 aliphatic rings. The van der Waals surface area contributed by atoms with Crippen LogP contribution in [0.15, 0.2) is 29.8 Å². The standard InChI is InChI=1S/C14H19Cl/c1-11(10-15)9-12-5-7-13(8-6-12)14(2,3)4/h5-9H,10H2,1-4H3. The summed E-state index contributed by atoms with van der Waals surface area (Å²) in [4.78, 5) is 0. The Morgan fingerprint density at radius 2 is 1.73 bits per heavy atom. The third-order valence-electron chi connectivity index (χ3n) is 2.40. The first-order chi connectivity index (χ1) is 6.93. The Labute approximate surface area is 98.0 Å². The number of alkyl halides is 1. The van der Waals surface area contributed by atoms with Gasteiger partial charge in [0.2, 0.25) is 0 Å². The third kappa shape index (κ3) is 3.71.